The Morgan fingerprint density at radius 1 is 1.11 bits per heavy atom. The summed E-state index contributed by atoms with van der Waals surface area (Å²) in [6.45, 7) is 23.9. The number of carbonyl (C=O) groups excluding carboxylic acids is 1. The molecule has 0 bridgehead atoms. The molecule has 11 heteroatoms. The first kappa shape index (κ1) is 40.4. The average Bonchev–Trinajstić information content (AvgIpc) is 2.90. The van der Waals surface area contributed by atoms with Crippen LogP contribution in [0.1, 0.15) is 107 Å². The molecule has 0 amide bonds. The molecule has 0 aromatic heterocycles. The van der Waals surface area contributed by atoms with Crippen LogP contribution in [0, 0.1) is 17.8 Å². The highest BCUT2D eigenvalue weighted by Gasteiger charge is 2.52. The third kappa shape index (κ3) is 11.7. The second kappa shape index (κ2) is 17.5. The van der Waals surface area contributed by atoms with Crippen LogP contribution in [0.3, 0.4) is 0 Å². The van der Waals surface area contributed by atoms with Gasteiger partial charge >= 0.3 is 13.6 Å². The highest BCUT2D eigenvalue weighted by Crippen LogP contribution is 2.49. The lowest BCUT2D eigenvalue weighted by molar-refractivity contribution is -0.347. The minimum Gasteiger partial charge on any atom is -0.461 e. The van der Waals surface area contributed by atoms with Gasteiger partial charge in [0.25, 0.3) is 0 Å². The van der Waals surface area contributed by atoms with Crippen molar-refractivity contribution in [3.8, 4) is 0 Å². The van der Waals surface area contributed by atoms with Gasteiger partial charge in [-0.3, -0.25) is 9.36 Å². The summed E-state index contributed by atoms with van der Waals surface area (Å²) in [5, 5.41) is 0.131. The Kier molecular flexibility index (Phi) is 16.1. The van der Waals surface area contributed by atoms with Gasteiger partial charge in [0, 0.05) is 24.9 Å². The Morgan fingerprint density at radius 3 is 2.27 bits per heavy atom. The van der Waals surface area contributed by atoms with Crippen molar-refractivity contribution in [3.63, 3.8) is 0 Å². The van der Waals surface area contributed by atoms with E-state index >= 15 is 0 Å². The molecule has 0 aromatic rings. The van der Waals surface area contributed by atoms with Crippen molar-refractivity contribution in [2.24, 2.45) is 17.8 Å². The first-order valence-electron chi connectivity index (χ1n) is 16.8. The van der Waals surface area contributed by atoms with Crippen LogP contribution in [0.4, 0.5) is 0 Å². The Labute approximate surface area is 283 Å². The Hall–Kier alpha value is 0.187. The predicted molar refractivity (Wildman–Crippen MR) is 189 cm³/mol. The lowest BCUT2D eigenvalue weighted by Gasteiger charge is -2.52. The van der Waals surface area contributed by atoms with Gasteiger partial charge in [-0.25, -0.2) is 0 Å². The monoisotopic (exact) mass is 772 g/mol. The fraction of sp³-hybridized carbons (Fsp3) is 0.909. The second-order valence-electron chi connectivity index (χ2n) is 14.4. The number of esters is 1. The standard InChI is InChI=1S/C33H62IO8PSi/c1-12-27(18-20-34)15-16-28-26(6)30(39-31(35)23-43(36,37-13-2)38-14-3)22-33(40-28)19-17-24(4)29(41-33)21-25(5)42-44(10,11)32(7,8)9/h18,20,24-30H,12-17,19,21-23H2,1-11H3/b20-18+/t24-,25+,26+,27-,28-,29-,30-,33-/m0/s1. The molecule has 0 aromatic carbocycles. The van der Waals surface area contributed by atoms with E-state index in [4.69, 9.17) is 27.7 Å². The summed E-state index contributed by atoms with van der Waals surface area (Å²) in [6.07, 6.45) is 7.07. The fourth-order valence-corrected chi connectivity index (χ4v) is 9.57. The summed E-state index contributed by atoms with van der Waals surface area (Å²) in [5.41, 5.74) is 0. The van der Waals surface area contributed by atoms with Crippen LogP contribution in [0.5, 0.6) is 0 Å². The molecule has 8 nitrogen and oxygen atoms in total. The number of hydrogen-bond acceptors (Lipinski definition) is 8. The van der Waals surface area contributed by atoms with Crippen molar-refractivity contribution in [3.05, 3.63) is 10.2 Å². The summed E-state index contributed by atoms with van der Waals surface area (Å²) in [7, 11) is -5.51. The van der Waals surface area contributed by atoms with Crippen molar-refractivity contribution in [2.45, 2.75) is 156 Å². The minimum atomic E-state index is -3.58. The van der Waals surface area contributed by atoms with E-state index in [1.165, 1.54) is 0 Å². The number of hydrogen-bond donors (Lipinski definition) is 0. The first-order chi connectivity index (χ1) is 20.4. The molecule has 44 heavy (non-hydrogen) atoms. The van der Waals surface area contributed by atoms with Gasteiger partial charge in [-0.15, -0.1) is 0 Å². The number of rotatable bonds is 16. The average molecular weight is 773 g/mol. The largest absolute Gasteiger partial charge is 0.461 e. The van der Waals surface area contributed by atoms with Crippen LogP contribution in [-0.4, -0.2) is 63.9 Å². The van der Waals surface area contributed by atoms with Gasteiger partial charge in [-0.05, 0) is 86.9 Å². The van der Waals surface area contributed by atoms with E-state index in [9.17, 15) is 9.36 Å². The van der Waals surface area contributed by atoms with Gasteiger partial charge in [0.1, 0.15) is 12.3 Å². The number of halogens is 1. The van der Waals surface area contributed by atoms with Crippen LogP contribution < -0.4 is 0 Å². The third-order valence-corrected chi connectivity index (χ3v) is 16.8. The molecule has 0 N–H and O–H groups in total. The molecule has 2 saturated heterocycles. The number of carbonyl (C=O) groups is 1. The maximum absolute atomic E-state index is 13.2. The zero-order valence-electron chi connectivity index (χ0n) is 29.4. The Balaban J connectivity index is 2.29. The van der Waals surface area contributed by atoms with Gasteiger partial charge < -0.3 is 27.7 Å². The van der Waals surface area contributed by atoms with Crippen molar-refractivity contribution in [1.29, 1.82) is 0 Å². The molecule has 2 aliphatic rings. The van der Waals surface area contributed by atoms with E-state index in [2.05, 4.69) is 94.3 Å². The SMILES string of the molecule is CCOP(=O)(CC(=O)O[C@H]1C[C@@]2(CC[C@H](C)[C@H](C[C@@H](C)O[Si](C)(C)C(C)(C)C)O2)O[C@@H](CC[C@@H](/C=C/I)CC)[C@H]1C)OCC. The van der Waals surface area contributed by atoms with Gasteiger partial charge in [-0.1, -0.05) is 70.2 Å². The maximum Gasteiger partial charge on any atom is 0.341 e. The van der Waals surface area contributed by atoms with Crippen LogP contribution >= 0.6 is 30.2 Å². The molecule has 0 saturated carbocycles. The summed E-state index contributed by atoms with van der Waals surface area (Å²) >= 11 is 2.28. The Morgan fingerprint density at radius 2 is 1.73 bits per heavy atom. The van der Waals surface area contributed by atoms with E-state index in [0.29, 0.717) is 18.3 Å². The van der Waals surface area contributed by atoms with Crippen LogP contribution in [0.15, 0.2) is 10.2 Å². The molecule has 258 valence electrons. The van der Waals surface area contributed by atoms with E-state index < -0.39 is 39.9 Å². The molecular weight excluding hydrogens is 710 g/mol. The third-order valence-electron chi connectivity index (χ3n) is 9.85. The summed E-state index contributed by atoms with van der Waals surface area (Å²) in [4.78, 5) is 13.2. The van der Waals surface area contributed by atoms with Crippen molar-refractivity contribution in [1.82, 2.24) is 0 Å². The topological polar surface area (TPSA) is 89.5 Å². The molecule has 2 rings (SSSR count). The normalized spacial score (nSPS) is 30.0. The zero-order chi connectivity index (χ0) is 33.3. The van der Waals surface area contributed by atoms with Crippen molar-refractivity contribution in [2.75, 3.05) is 19.4 Å². The minimum absolute atomic E-state index is 0.0320. The van der Waals surface area contributed by atoms with E-state index in [1.54, 1.807) is 13.8 Å². The summed E-state index contributed by atoms with van der Waals surface area (Å²) in [6, 6.07) is 0. The number of ether oxygens (including phenoxy) is 3. The molecule has 0 unspecified atom stereocenters. The molecule has 0 radical (unpaired) electrons. The molecule has 2 heterocycles. The zero-order valence-corrected chi connectivity index (χ0v) is 33.4. The van der Waals surface area contributed by atoms with Gasteiger partial charge in [0.15, 0.2) is 14.1 Å². The highest BCUT2D eigenvalue weighted by atomic mass is 127. The van der Waals surface area contributed by atoms with Crippen molar-refractivity contribution >= 4 is 44.5 Å². The van der Waals surface area contributed by atoms with Gasteiger partial charge in [-0.2, -0.15) is 0 Å². The second-order valence-corrected chi connectivity index (χ2v) is 22.0. The van der Waals surface area contributed by atoms with E-state index in [0.717, 1.165) is 38.5 Å². The van der Waals surface area contributed by atoms with Crippen LogP contribution in [0.2, 0.25) is 18.1 Å². The summed E-state index contributed by atoms with van der Waals surface area (Å²) < 4.78 is 52.7. The van der Waals surface area contributed by atoms with Gasteiger partial charge in [0.2, 0.25) is 0 Å². The predicted octanol–water partition coefficient (Wildman–Crippen LogP) is 9.66. The van der Waals surface area contributed by atoms with Crippen LogP contribution in [0.25, 0.3) is 0 Å². The lowest BCUT2D eigenvalue weighted by atomic mass is 9.80. The first-order valence-corrected chi connectivity index (χ1v) is 22.7. The quantitative estimate of drug-likeness (QED) is 0.0664. The smallest absolute Gasteiger partial charge is 0.341 e. The molecule has 8 atom stereocenters. The molecule has 0 aliphatic carbocycles. The van der Waals surface area contributed by atoms with Gasteiger partial charge in [0.05, 0.1) is 25.4 Å². The molecular formula is C33H62IO8PSi. The maximum atomic E-state index is 13.2. The highest BCUT2D eigenvalue weighted by molar-refractivity contribution is 14.1. The fourth-order valence-electron chi connectivity index (χ4n) is 6.09. The van der Waals surface area contributed by atoms with Crippen LogP contribution in [-0.2, 0) is 37.0 Å². The van der Waals surface area contributed by atoms with E-state index in [-0.39, 0.29) is 42.5 Å². The molecule has 1 spiro atoms. The summed E-state index contributed by atoms with van der Waals surface area (Å²) in [5.74, 6) is -0.653. The Bertz CT molecular complexity index is 962. The number of allylic oxidation sites excluding steroid dienone is 1. The van der Waals surface area contributed by atoms with Crippen molar-refractivity contribution < 1.29 is 37.0 Å². The lowest BCUT2D eigenvalue weighted by Crippen LogP contribution is -2.57. The van der Waals surface area contributed by atoms with E-state index in [1.807, 2.05) is 0 Å². The molecule has 2 aliphatic heterocycles. The molecule has 2 fully saturated rings.